The fraction of sp³-hybridized carbons (Fsp3) is 0.375. The minimum atomic E-state index is -0.548. The highest BCUT2D eigenvalue weighted by Gasteiger charge is 2.14. The van der Waals surface area contributed by atoms with Crippen LogP contribution in [0.15, 0.2) is 103 Å². The number of aromatic nitrogens is 3. The summed E-state index contributed by atoms with van der Waals surface area (Å²) >= 11 is 0. The molecule has 0 aliphatic heterocycles. The van der Waals surface area contributed by atoms with Gasteiger partial charge in [0.1, 0.15) is 12.3 Å². The van der Waals surface area contributed by atoms with Gasteiger partial charge in [0.15, 0.2) is 69.1 Å². The quantitative estimate of drug-likeness (QED) is 0.0119. The van der Waals surface area contributed by atoms with Crippen LogP contribution in [0.5, 0.6) is 46.0 Å². The molecule has 0 unspecified atom stereocenters. The van der Waals surface area contributed by atoms with E-state index < -0.39 is 17.5 Å². The summed E-state index contributed by atoms with van der Waals surface area (Å²) in [5, 5.41) is 30.5. The molecule has 1 aromatic heterocycles. The molecule has 5 aromatic rings. The fourth-order valence-corrected chi connectivity index (χ4v) is 7.65. The molecule has 0 atom stereocenters. The van der Waals surface area contributed by atoms with E-state index in [1.165, 1.54) is 83.1 Å². The second-order valence-electron chi connectivity index (χ2n) is 18.8. The standard InChI is InChI=1S/C64H76N4O20/c1-77-59-38-46(12-20-55(59)73)8-16-51(69)42-53(71)18-10-48-14-22-57(61(40-48)79-3)87-45-50-44-68(67-66-50)25-27-82-29-31-84-33-35-86-37-36-85-34-32-83-30-28-81-26-24-65-63(75)6-5-7-64(76)88-58-23-15-49(41-62(58)80-4)11-19-54(72)43-52(70)17-9-47-13-21-56(74)60(39-47)78-2/h8-23,38-41,44,73-74H,5-7,24-37,42-43,45H2,1-4H3,(H,65,75)/b16-8-,17-9-,18-10-,19-11-. The maximum atomic E-state index is 12.5. The summed E-state index contributed by atoms with van der Waals surface area (Å²) in [6.45, 7) is 5.49. The molecule has 3 N–H and O–H groups in total. The van der Waals surface area contributed by atoms with Crippen LogP contribution >= 0.6 is 0 Å². The summed E-state index contributed by atoms with van der Waals surface area (Å²) in [6.07, 6.45) is 12.9. The number of nitrogens with zero attached hydrogens (tertiary/aromatic N) is 3. The third-order valence-corrected chi connectivity index (χ3v) is 12.2. The molecule has 0 saturated carbocycles. The largest absolute Gasteiger partial charge is 0.504 e. The van der Waals surface area contributed by atoms with Gasteiger partial charge >= 0.3 is 5.97 Å². The van der Waals surface area contributed by atoms with Crippen LogP contribution in [0.3, 0.4) is 0 Å². The van der Waals surface area contributed by atoms with Crippen LogP contribution in [0.4, 0.5) is 0 Å². The highest BCUT2D eigenvalue weighted by molar-refractivity contribution is 6.11. The van der Waals surface area contributed by atoms with E-state index in [-0.39, 0.29) is 90.7 Å². The van der Waals surface area contributed by atoms with Gasteiger partial charge in [0.2, 0.25) is 5.91 Å². The molecule has 88 heavy (non-hydrogen) atoms. The van der Waals surface area contributed by atoms with Gasteiger partial charge in [0.25, 0.3) is 0 Å². The Morgan fingerprint density at radius 1 is 0.477 bits per heavy atom. The first-order valence-electron chi connectivity index (χ1n) is 28.1. The van der Waals surface area contributed by atoms with Gasteiger partial charge in [-0.05, 0) is 102 Å². The van der Waals surface area contributed by atoms with Crippen molar-refractivity contribution < 1.29 is 95.8 Å². The number of amides is 1. The van der Waals surface area contributed by atoms with Crippen molar-refractivity contribution in [2.24, 2.45) is 0 Å². The number of aromatic hydroxyl groups is 2. The molecule has 0 radical (unpaired) electrons. The Kier molecular flexibility index (Phi) is 32.0. The number of methoxy groups -OCH3 is 4. The van der Waals surface area contributed by atoms with E-state index in [9.17, 15) is 39.0 Å². The molecule has 472 valence electrons. The van der Waals surface area contributed by atoms with Crippen molar-refractivity contribution in [3.63, 3.8) is 0 Å². The van der Waals surface area contributed by atoms with Crippen LogP contribution in [0, 0.1) is 0 Å². The van der Waals surface area contributed by atoms with E-state index in [1.54, 1.807) is 77.6 Å². The lowest BCUT2D eigenvalue weighted by atomic mass is 10.1. The van der Waals surface area contributed by atoms with Crippen molar-refractivity contribution in [3.8, 4) is 46.0 Å². The van der Waals surface area contributed by atoms with Gasteiger partial charge in [-0.15, -0.1) is 5.10 Å². The number of nitrogens with one attached hydrogen (secondary N) is 1. The summed E-state index contributed by atoms with van der Waals surface area (Å²) in [5.74, 6) is -0.507. The molecule has 0 aliphatic carbocycles. The summed E-state index contributed by atoms with van der Waals surface area (Å²) in [4.78, 5) is 74.4. The lowest BCUT2D eigenvalue weighted by Gasteiger charge is -2.10. The second-order valence-corrected chi connectivity index (χ2v) is 18.8. The Morgan fingerprint density at radius 2 is 0.875 bits per heavy atom. The normalized spacial score (nSPS) is 11.4. The van der Waals surface area contributed by atoms with Crippen LogP contribution in [0.1, 0.15) is 60.1 Å². The first-order chi connectivity index (χ1) is 42.7. The molecule has 1 heterocycles. The van der Waals surface area contributed by atoms with Crippen LogP contribution in [0.25, 0.3) is 24.3 Å². The smallest absolute Gasteiger partial charge is 0.311 e. The zero-order chi connectivity index (χ0) is 63.1. The van der Waals surface area contributed by atoms with E-state index in [1.807, 2.05) is 0 Å². The number of phenols is 2. The van der Waals surface area contributed by atoms with Crippen molar-refractivity contribution in [2.75, 3.05) is 114 Å². The average molecular weight is 1220 g/mol. The minimum Gasteiger partial charge on any atom is -0.504 e. The second kappa shape index (κ2) is 40.4. The van der Waals surface area contributed by atoms with Crippen molar-refractivity contribution >= 4 is 59.3 Å². The molecule has 1 amide bonds. The topological polar surface area (TPSA) is 296 Å². The Labute approximate surface area is 510 Å². The SMILES string of the molecule is COc1cc(/C=C\C(=O)CC(=O)/C=C\c2ccc(OCc3cn(CCOCCOCCOCCOCCOCCOCCNC(=O)CCCC(=O)Oc4ccc(/C=C\C(=O)CC(=O)/C=C\c5ccc(O)c(OC)c5)cc4OC)nn3)c(OC)c2)ccc1O. The van der Waals surface area contributed by atoms with Gasteiger partial charge in [-0.3, -0.25) is 28.8 Å². The summed E-state index contributed by atoms with van der Waals surface area (Å²) in [6, 6.07) is 19.2. The van der Waals surface area contributed by atoms with Crippen molar-refractivity contribution in [1.29, 1.82) is 0 Å². The first-order valence-corrected chi connectivity index (χ1v) is 28.1. The number of esters is 1. The van der Waals surface area contributed by atoms with E-state index >= 15 is 0 Å². The van der Waals surface area contributed by atoms with Crippen LogP contribution in [-0.2, 0) is 70.3 Å². The molecule has 0 saturated heterocycles. The molecule has 0 fully saturated rings. The number of ether oxygens (including phenoxy) is 12. The van der Waals surface area contributed by atoms with Crippen molar-refractivity contribution in [2.45, 2.75) is 45.3 Å². The molecule has 0 aliphatic rings. The number of ketones is 4. The lowest BCUT2D eigenvalue weighted by Crippen LogP contribution is -2.27. The number of rotatable bonds is 45. The van der Waals surface area contributed by atoms with Crippen LogP contribution in [-0.4, -0.2) is 174 Å². The maximum absolute atomic E-state index is 12.5. The third-order valence-electron chi connectivity index (χ3n) is 12.2. The predicted molar refractivity (Wildman–Crippen MR) is 322 cm³/mol. The lowest BCUT2D eigenvalue weighted by molar-refractivity contribution is -0.135. The minimum absolute atomic E-state index is 0.00621. The molecular formula is C64H76N4O20. The maximum Gasteiger partial charge on any atom is 0.311 e. The molecule has 0 spiro atoms. The Hall–Kier alpha value is -9.04. The zero-order valence-electron chi connectivity index (χ0n) is 49.9. The number of carbonyl (C=O) groups excluding carboxylic acids is 6. The molecular weight excluding hydrogens is 1140 g/mol. The fourth-order valence-electron chi connectivity index (χ4n) is 7.65. The Morgan fingerprint density at radius 3 is 1.33 bits per heavy atom. The van der Waals surface area contributed by atoms with Gasteiger partial charge in [0, 0.05) is 19.4 Å². The average Bonchev–Trinajstić information content (AvgIpc) is 4.12. The number of allylic oxidation sites excluding steroid dienone is 4. The molecule has 24 nitrogen and oxygen atoms in total. The Bertz CT molecular complexity index is 3150. The van der Waals surface area contributed by atoms with Gasteiger partial charge in [-0.1, -0.05) is 53.8 Å². The van der Waals surface area contributed by atoms with E-state index in [4.69, 9.17) is 56.8 Å². The van der Waals surface area contributed by atoms with Gasteiger partial charge in [-0.2, -0.15) is 0 Å². The third kappa shape index (κ3) is 27.5. The van der Waals surface area contributed by atoms with Crippen molar-refractivity contribution in [3.05, 3.63) is 131 Å². The number of carbonyl (C=O) groups is 6. The molecule has 5 rings (SSSR count). The molecule has 4 aromatic carbocycles. The predicted octanol–water partition coefficient (Wildman–Crippen LogP) is 6.80. The van der Waals surface area contributed by atoms with Gasteiger partial charge < -0.3 is 72.4 Å². The number of hydrogen-bond acceptors (Lipinski definition) is 22. The number of hydrogen-bond donors (Lipinski definition) is 3. The first kappa shape index (κ1) is 69.7. The van der Waals surface area contributed by atoms with Crippen molar-refractivity contribution in [1.82, 2.24) is 20.3 Å². The summed E-state index contributed by atoms with van der Waals surface area (Å²) in [7, 11) is 5.76. The zero-order valence-corrected chi connectivity index (χ0v) is 49.9. The summed E-state index contributed by atoms with van der Waals surface area (Å²) < 4.78 is 67.4. The van der Waals surface area contributed by atoms with E-state index in [2.05, 4.69) is 15.6 Å². The van der Waals surface area contributed by atoms with Crippen LogP contribution < -0.4 is 33.7 Å². The van der Waals surface area contributed by atoms with Gasteiger partial charge in [-0.25, -0.2) is 4.68 Å². The summed E-state index contributed by atoms with van der Waals surface area (Å²) in [5.41, 5.74) is 3.10. The molecule has 0 bridgehead atoms. The van der Waals surface area contributed by atoms with E-state index in [0.29, 0.717) is 132 Å². The number of benzene rings is 4. The van der Waals surface area contributed by atoms with E-state index in [0.717, 1.165) is 0 Å². The Balaban J connectivity index is 0.779. The monoisotopic (exact) mass is 1220 g/mol. The number of phenolic OH excluding ortho intramolecular Hbond substituents is 2. The molecule has 24 heteroatoms. The highest BCUT2D eigenvalue weighted by atomic mass is 16.6. The highest BCUT2D eigenvalue weighted by Crippen LogP contribution is 2.31. The van der Waals surface area contributed by atoms with Crippen LogP contribution in [0.2, 0.25) is 0 Å². The van der Waals surface area contributed by atoms with Gasteiger partial charge in [0.05, 0.1) is 133 Å².